The number of carboxylic acid groups (broad SMARTS) is 1. The lowest BCUT2D eigenvalue weighted by Gasteiger charge is -2.08. The lowest BCUT2D eigenvalue weighted by molar-refractivity contribution is -0.136. The molecule has 2 aromatic carbocycles. The maximum Gasteiger partial charge on any atom is 0.307 e. The second-order valence-electron chi connectivity index (χ2n) is 4.01. The fourth-order valence-corrected chi connectivity index (χ4v) is 2.34. The fraction of sp³-hybridized carbons (Fsp3) is 0.0714. The van der Waals surface area contributed by atoms with Crippen molar-refractivity contribution < 1.29 is 14.3 Å². The molecule has 0 aliphatic carbocycles. The molecule has 0 aliphatic heterocycles. The van der Waals surface area contributed by atoms with Gasteiger partial charge >= 0.3 is 5.97 Å². The summed E-state index contributed by atoms with van der Waals surface area (Å²) in [5, 5.41) is 9.52. The van der Waals surface area contributed by atoms with Crippen molar-refractivity contribution in [2.45, 2.75) is 6.42 Å². The van der Waals surface area contributed by atoms with E-state index < -0.39 is 11.8 Å². The Kier molecular flexibility index (Phi) is 4.08. The highest BCUT2D eigenvalue weighted by molar-refractivity contribution is 6.35. The number of hydrogen-bond donors (Lipinski definition) is 1. The predicted molar refractivity (Wildman–Crippen MR) is 73.2 cm³/mol. The molecule has 2 aromatic rings. The Hall–Kier alpha value is -1.58. The summed E-state index contributed by atoms with van der Waals surface area (Å²) in [6.45, 7) is 0. The van der Waals surface area contributed by atoms with Gasteiger partial charge in [-0.2, -0.15) is 0 Å². The normalized spacial score (nSPS) is 10.5. The van der Waals surface area contributed by atoms with Crippen molar-refractivity contribution in [2.75, 3.05) is 0 Å². The van der Waals surface area contributed by atoms with E-state index in [4.69, 9.17) is 28.3 Å². The van der Waals surface area contributed by atoms with Crippen LogP contribution in [-0.2, 0) is 11.2 Å². The molecular formula is C14H9Cl2FO2. The largest absolute Gasteiger partial charge is 0.481 e. The third kappa shape index (κ3) is 3.25. The van der Waals surface area contributed by atoms with E-state index in [9.17, 15) is 9.18 Å². The van der Waals surface area contributed by atoms with E-state index in [0.717, 1.165) is 0 Å². The van der Waals surface area contributed by atoms with E-state index in [-0.39, 0.29) is 17.5 Å². The Morgan fingerprint density at radius 2 is 1.79 bits per heavy atom. The molecule has 5 heteroatoms. The van der Waals surface area contributed by atoms with E-state index in [1.165, 1.54) is 6.07 Å². The molecule has 0 radical (unpaired) electrons. The van der Waals surface area contributed by atoms with Gasteiger partial charge in [-0.15, -0.1) is 0 Å². The van der Waals surface area contributed by atoms with Crippen LogP contribution in [0, 0.1) is 5.82 Å². The first-order chi connectivity index (χ1) is 8.97. The minimum absolute atomic E-state index is 0.126. The Morgan fingerprint density at radius 3 is 2.37 bits per heavy atom. The quantitative estimate of drug-likeness (QED) is 0.910. The van der Waals surface area contributed by atoms with Crippen LogP contribution in [0.2, 0.25) is 10.0 Å². The number of hydrogen-bond acceptors (Lipinski definition) is 1. The van der Waals surface area contributed by atoms with Crippen LogP contribution in [-0.4, -0.2) is 11.1 Å². The van der Waals surface area contributed by atoms with Gasteiger partial charge in [-0.3, -0.25) is 4.79 Å². The van der Waals surface area contributed by atoms with Crippen molar-refractivity contribution >= 4 is 29.2 Å². The second kappa shape index (κ2) is 5.59. The number of rotatable bonds is 3. The van der Waals surface area contributed by atoms with Gasteiger partial charge in [0.2, 0.25) is 0 Å². The van der Waals surface area contributed by atoms with Crippen LogP contribution < -0.4 is 0 Å². The molecule has 0 unspecified atom stereocenters. The van der Waals surface area contributed by atoms with Gasteiger partial charge in [0, 0.05) is 15.6 Å². The first-order valence-electron chi connectivity index (χ1n) is 5.43. The smallest absolute Gasteiger partial charge is 0.307 e. The van der Waals surface area contributed by atoms with Gasteiger partial charge in [-0.05, 0) is 29.3 Å². The molecule has 0 bridgehead atoms. The number of carbonyl (C=O) groups is 1. The molecule has 0 aliphatic rings. The van der Waals surface area contributed by atoms with Gasteiger partial charge in [0.15, 0.2) is 0 Å². The molecule has 0 amide bonds. The maximum absolute atomic E-state index is 14.2. The molecule has 0 saturated heterocycles. The van der Waals surface area contributed by atoms with Crippen molar-refractivity contribution in [1.82, 2.24) is 0 Å². The number of halogens is 3. The van der Waals surface area contributed by atoms with Crippen LogP contribution >= 0.6 is 23.2 Å². The lowest BCUT2D eigenvalue weighted by Crippen LogP contribution is -2.03. The van der Waals surface area contributed by atoms with E-state index >= 15 is 0 Å². The van der Waals surface area contributed by atoms with E-state index in [2.05, 4.69) is 0 Å². The fourth-order valence-electron chi connectivity index (χ4n) is 1.81. The molecule has 0 aromatic heterocycles. The summed E-state index contributed by atoms with van der Waals surface area (Å²) < 4.78 is 14.2. The third-order valence-electron chi connectivity index (χ3n) is 2.59. The molecule has 0 heterocycles. The van der Waals surface area contributed by atoms with Gasteiger partial charge in [-0.25, -0.2) is 4.39 Å². The Labute approximate surface area is 119 Å². The molecule has 1 N–H and O–H groups in total. The van der Waals surface area contributed by atoms with Crippen molar-refractivity contribution in [3.05, 3.63) is 57.8 Å². The minimum Gasteiger partial charge on any atom is -0.481 e. The summed E-state index contributed by atoms with van der Waals surface area (Å²) in [5.41, 5.74) is 0.923. The van der Waals surface area contributed by atoms with Crippen LogP contribution in [0.15, 0.2) is 36.4 Å². The van der Waals surface area contributed by atoms with E-state index in [1.807, 2.05) is 0 Å². The standard InChI is InChI=1S/C14H9Cl2FO2/c15-10-4-9(5-11(16)7-10)12-3-1-2-8(14(12)17)6-13(18)19/h1-5,7H,6H2,(H,18,19). The van der Waals surface area contributed by atoms with Gasteiger partial charge in [0.05, 0.1) is 6.42 Å². The minimum atomic E-state index is -1.08. The average molecular weight is 299 g/mol. The van der Waals surface area contributed by atoms with Crippen molar-refractivity contribution in [3.63, 3.8) is 0 Å². The molecule has 0 saturated carbocycles. The van der Waals surface area contributed by atoms with Gasteiger partial charge in [0.1, 0.15) is 5.82 Å². The maximum atomic E-state index is 14.2. The predicted octanol–water partition coefficient (Wildman–Crippen LogP) is 4.43. The first kappa shape index (κ1) is 13.8. The van der Waals surface area contributed by atoms with Crippen LogP contribution in [0.25, 0.3) is 11.1 Å². The molecule has 19 heavy (non-hydrogen) atoms. The van der Waals surface area contributed by atoms with E-state index in [1.54, 1.807) is 30.3 Å². The summed E-state index contributed by atoms with van der Waals surface area (Å²) in [5.74, 6) is -1.65. The van der Waals surface area contributed by atoms with Crippen molar-refractivity contribution in [1.29, 1.82) is 0 Å². The SMILES string of the molecule is O=C(O)Cc1cccc(-c2cc(Cl)cc(Cl)c2)c1F. The summed E-state index contributed by atoms with van der Waals surface area (Å²) in [6, 6.07) is 9.31. The highest BCUT2D eigenvalue weighted by Gasteiger charge is 2.13. The molecular weight excluding hydrogens is 290 g/mol. The van der Waals surface area contributed by atoms with E-state index in [0.29, 0.717) is 15.6 Å². The lowest BCUT2D eigenvalue weighted by atomic mass is 10.0. The third-order valence-corrected chi connectivity index (χ3v) is 3.03. The molecule has 98 valence electrons. The monoisotopic (exact) mass is 298 g/mol. The Bertz CT molecular complexity index is 621. The average Bonchev–Trinajstić information content (AvgIpc) is 2.30. The number of carboxylic acids is 1. The van der Waals surface area contributed by atoms with Gasteiger partial charge in [-0.1, -0.05) is 41.4 Å². The Balaban J connectivity index is 2.53. The van der Waals surface area contributed by atoms with Crippen LogP contribution in [0.3, 0.4) is 0 Å². The zero-order valence-electron chi connectivity index (χ0n) is 9.66. The molecule has 0 atom stereocenters. The van der Waals surface area contributed by atoms with Crippen molar-refractivity contribution in [2.24, 2.45) is 0 Å². The Morgan fingerprint density at radius 1 is 1.16 bits per heavy atom. The summed E-state index contributed by atoms with van der Waals surface area (Å²) in [7, 11) is 0. The van der Waals surface area contributed by atoms with Crippen molar-refractivity contribution in [3.8, 4) is 11.1 Å². The summed E-state index contributed by atoms with van der Waals surface area (Å²) in [6.07, 6.45) is -0.367. The van der Waals surface area contributed by atoms with Gasteiger partial charge in [0.25, 0.3) is 0 Å². The number of aliphatic carboxylic acids is 1. The first-order valence-corrected chi connectivity index (χ1v) is 6.18. The zero-order valence-corrected chi connectivity index (χ0v) is 11.2. The molecule has 0 spiro atoms. The zero-order chi connectivity index (χ0) is 14.0. The second-order valence-corrected chi connectivity index (χ2v) is 4.88. The molecule has 2 rings (SSSR count). The van der Waals surface area contributed by atoms with Gasteiger partial charge < -0.3 is 5.11 Å². The highest BCUT2D eigenvalue weighted by Crippen LogP contribution is 2.30. The van der Waals surface area contributed by atoms with Crippen LogP contribution in [0.1, 0.15) is 5.56 Å². The summed E-state index contributed by atoms with van der Waals surface area (Å²) >= 11 is 11.8. The topological polar surface area (TPSA) is 37.3 Å². The molecule has 2 nitrogen and oxygen atoms in total. The summed E-state index contributed by atoms with van der Waals surface area (Å²) in [4.78, 5) is 10.7. The van der Waals surface area contributed by atoms with Crippen LogP contribution in [0.5, 0.6) is 0 Å². The molecule has 0 fully saturated rings. The van der Waals surface area contributed by atoms with Crippen LogP contribution in [0.4, 0.5) is 4.39 Å². The highest BCUT2D eigenvalue weighted by atomic mass is 35.5. The number of benzene rings is 2.